The standard InChI is InChI=1S/C11H28O3Si3/c1-2-3-4-5-6-7-8-9-10-11-17-13-15-12-16-14-17/h17H,2-11,15-16H2,1H3. The van der Waals surface area contributed by atoms with Crippen LogP contribution in [0, 0.1) is 0 Å². The molecule has 0 N–H and O–H groups in total. The van der Waals surface area contributed by atoms with Crippen molar-refractivity contribution in [1.82, 2.24) is 0 Å². The van der Waals surface area contributed by atoms with E-state index in [4.69, 9.17) is 12.3 Å². The van der Waals surface area contributed by atoms with Gasteiger partial charge >= 0.3 is 9.28 Å². The molecule has 0 atom stereocenters. The van der Waals surface area contributed by atoms with Gasteiger partial charge in [0.05, 0.1) is 0 Å². The molecular weight excluding hydrogens is 264 g/mol. The SMILES string of the molecule is CCCCCCCCCCC[SiH]1O[SiH2]O[SiH2]O1. The summed E-state index contributed by atoms with van der Waals surface area (Å²) in [6, 6.07) is 1.22. The van der Waals surface area contributed by atoms with Crippen LogP contribution in [-0.2, 0) is 12.3 Å². The summed E-state index contributed by atoms with van der Waals surface area (Å²) in [5.74, 6) is 0. The molecule has 0 unspecified atom stereocenters. The van der Waals surface area contributed by atoms with Gasteiger partial charge in [0.1, 0.15) is 0 Å². The first kappa shape index (κ1) is 15.6. The van der Waals surface area contributed by atoms with Crippen molar-refractivity contribution >= 4 is 29.3 Å². The maximum atomic E-state index is 5.62. The summed E-state index contributed by atoms with van der Waals surface area (Å²) in [7, 11) is -2.39. The van der Waals surface area contributed by atoms with Gasteiger partial charge in [-0.1, -0.05) is 64.7 Å². The first-order chi connectivity index (χ1) is 8.43. The largest absolute Gasteiger partial charge is 0.425 e. The van der Waals surface area contributed by atoms with E-state index in [1.165, 1.54) is 63.8 Å². The molecule has 0 aromatic rings. The van der Waals surface area contributed by atoms with E-state index in [9.17, 15) is 0 Å². The average molecular weight is 293 g/mol. The Balaban J connectivity index is 1.75. The molecule has 0 amide bonds. The summed E-state index contributed by atoms with van der Waals surface area (Å²) in [5.41, 5.74) is 0. The van der Waals surface area contributed by atoms with Crippen LogP contribution in [-0.4, -0.2) is 29.3 Å². The van der Waals surface area contributed by atoms with Crippen molar-refractivity contribution in [3.63, 3.8) is 0 Å². The fourth-order valence-corrected chi connectivity index (χ4v) is 9.31. The number of hydrogen-bond donors (Lipinski definition) is 0. The Morgan fingerprint density at radius 2 is 1.29 bits per heavy atom. The second kappa shape index (κ2) is 11.6. The van der Waals surface area contributed by atoms with Crippen LogP contribution in [0.4, 0.5) is 0 Å². The van der Waals surface area contributed by atoms with Crippen LogP contribution in [0.1, 0.15) is 64.7 Å². The Morgan fingerprint density at radius 3 is 1.88 bits per heavy atom. The minimum atomic E-state index is -1.20. The quantitative estimate of drug-likeness (QED) is 0.454. The highest BCUT2D eigenvalue weighted by molar-refractivity contribution is 6.61. The van der Waals surface area contributed by atoms with Crippen LogP contribution in [0.2, 0.25) is 6.04 Å². The number of unbranched alkanes of at least 4 members (excludes halogenated alkanes) is 8. The van der Waals surface area contributed by atoms with Crippen LogP contribution < -0.4 is 0 Å². The van der Waals surface area contributed by atoms with Crippen LogP contribution in [0.25, 0.3) is 0 Å². The van der Waals surface area contributed by atoms with Crippen molar-refractivity contribution < 1.29 is 12.3 Å². The van der Waals surface area contributed by atoms with Crippen molar-refractivity contribution in [1.29, 1.82) is 0 Å². The maximum Gasteiger partial charge on any atom is 0.303 e. The zero-order valence-corrected chi connectivity index (χ0v) is 15.3. The topological polar surface area (TPSA) is 27.7 Å². The van der Waals surface area contributed by atoms with E-state index in [0.29, 0.717) is 0 Å². The maximum absolute atomic E-state index is 5.62. The van der Waals surface area contributed by atoms with Gasteiger partial charge < -0.3 is 12.3 Å². The predicted octanol–water partition coefficient (Wildman–Crippen LogP) is 1.80. The Kier molecular flexibility index (Phi) is 10.6. The summed E-state index contributed by atoms with van der Waals surface area (Å²) >= 11 is 0. The summed E-state index contributed by atoms with van der Waals surface area (Å²) in [6.45, 7) is 2.27. The van der Waals surface area contributed by atoms with E-state index in [-0.39, 0.29) is 0 Å². The van der Waals surface area contributed by atoms with Gasteiger partial charge in [-0.05, 0) is 6.04 Å². The van der Waals surface area contributed by atoms with Gasteiger partial charge in [-0.2, -0.15) is 0 Å². The lowest BCUT2D eigenvalue weighted by Crippen LogP contribution is -2.34. The molecule has 1 fully saturated rings. The Hall–Kier alpha value is 0.531. The van der Waals surface area contributed by atoms with E-state index in [1.807, 2.05) is 0 Å². The molecule has 0 saturated carbocycles. The number of hydrogen-bond acceptors (Lipinski definition) is 3. The molecule has 6 heteroatoms. The monoisotopic (exact) mass is 292 g/mol. The van der Waals surface area contributed by atoms with Crippen molar-refractivity contribution in [3.8, 4) is 0 Å². The van der Waals surface area contributed by atoms with Crippen LogP contribution in [0.15, 0.2) is 0 Å². The molecule has 0 bridgehead atoms. The van der Waals surface area contributed by atoms with E-state index < -0.39 is 29.3 Å². The average Bonchev–Trinajstić information content (AvgIpc) is 2.38. The normalized spacial score (nSPS) is 23.5. The molecule has 1 aliphatic heterocycles. The van der Waals surface area contributed by atoms with Gasteiger partial charge in [-0.3, -0.25) is 0 Å². The third-order valence-electron chi connectivity index (χ3n) is 3.22. The molecule has 102 valence electrons. The fourth-order valence-electron chi connectivity index (χ4n) is 2.12. The van der Waals surface area contributed by atoms with Crippen LogP contribution >= 0.6 is 0 Å². The molecule has 0 aromatic heterocycles. The highest BCUT2D eigenvalue weighted by atomic mass is 28.4. The minimum Gasteiger partial charge on any atom is -0.425 e. The predicted molar refractivity (Wildman–Crippen MR) is 79.5 cm³/mol. The highest BCUT2D eigenvalue weighted by Gasteiger charge is 2.16. The highest BCUT2D eigenvalue weighted by Crippen LogP contribution is 2.12. The molecule has 1 aliphatic rings. The lowest BCUT2D eigenvalue weighted by Gasteiger charge is -2.21. The van der Waals surface area contributed by atoms with Crippen molar-refractivity contribution in [2.45, 2.75) is 70.8 Å². The molecule has 0 spiro atoms. The molecule has 1 heterocycles. The van der Waals surface area contributed by atoms with Crippen LogP contribution in [0.5, 0.6) is 0 Å². The fraction of sp³-hybridized carbons (Fsp3) is 1.00. The molecule has 3 nitrogen and oxygen atoms in total. The second-order valence-corrected chi connectivity index (χ2v) is 11.0. The molecule has 0 aromatic carbocycles. The Bertz CT molecular complexity index is 166. The summed E-state index contributed by atoms with van der Waals surface area (Å²) in [4.78, 5) is 0. The van der Waals surface area contributed by atoms with E-state index in [1.54, 1.807) is 0 Å². The smallest absolute Gasteiger partial charge is 0.303 e. The van der Waals surface area contributed by atoms with Crippen molar-refractivity contribution in [3.05, 3.63) is 0 Å². The molecule has 1 rings (SSSR count). The first-order valence-electron chi connectivity index (χ1n) is 7.24. The van der Waals surface area contributed by atoms with Crippen LogP contribution in [0.3, 0.4) is 0 Å². The van der Waals surface area contributed by atoms with Gasteiger partial charge in [0.25, 0.3) is 20.0 Å². The minimum absolute atomic E-state index is 0.596. The van der Waals surface area contributed by atoms with E-state index in [2.05, 4.69) is 6.92 Å². The molecule has 1 saturated heterocycles. The zero-order valence-electron chi connectivity index (χ0n) is 11.3. The van der Waals surface area contributed by atoms with Gasteiger partial charge in [-0.15, -0.1) is 0 Å². The first-order valence-corrected chi connectivity index (χ1v) is 11.3. The third kappa shape index (κ3) is 9.15. The van der Waals surface area contributed by atoms with Crippen molar-refractivity contribution in [2.75, 3.05) is 0 Å². The second-order valence-electron chi connectivity index (χ2n) is 4.82. The van der Waals surface area contributed by atoms with Gasteiger partial charge in [0.15, 0.2) is 0 Å². The summed E-state index contributed by atoms with van der Waals surface area (Å²) in [5, 5.41) is 0. The molecule has 0 radical (unpaired) electrons. The van der Waals surface area contributed by atoms with Crippen molar-refractivity contribution in [2.24, 2.45) is 0 Å². The summed E-state index contributed by atoms with van der Waals surface area (Å²) in [6.07, 6.45) is 12.6. The number of rotatable bonds is 10. The molecule has 17 heavy (non-hydrogen) atoms. The Labute approximate surface area is 113 Å². The van der Waals surface area contributed by atoms with Gasteiger partial charge in [-0.25, -0.2) is 0 Å². The Morgan fingerprint density at radius 1 is 0.765 bits per heavy atom. The summed E-state index contributed by atoms with van der Waals surface area (Å²) < 4.78 is 16.5. The van der Waals surface area contributed by atoms with E-state index in [0.717, 1.165) is 0 Å². The molecular formula is C11H28O3Si3. The molecule has 0 aliphatic carbocycles. The van der Waals surface area contributed by atoms with E-state index >= 15 is 0 Å². The van der Waals surface area contributed by atoms with Gasteiger partial charge in [0.2, 0.25) is 0 Å². The van der Waals surface area contributed by atoms with Gasteiger partial charge in [0, 0.05) is 0 Å². The third-order valence-corrected chi connectivity index (χ3v) is 9.49. The lowest BCUT2D eigenvalue weighted by molar-refractivity contribution is 0.320. The lowest BCUT2D eigenvalue weighted by atomic mass is 10.1. The zero-order chi connectivity index (χ0) is 12.2.